The number of nitrogens with zero attached hydrogens (tertiary/aromatic N) is 1. The van der Waals surface area contributed by atoms with E-state index >= 15 is 0 Å². The van der Waals surface area contributed by atoms with Gasteiger partial charge in [0.2, 0.25) is 5.69 Å². The third kappa shape index (κ3) is 2.94. The van der Waals surface area contributed by atoms with E-state index in [1.54, 1.807) is 6.07 Å². The van der Waals surface area contributed by atoms with E-state index in [4.69, 9.17) is 0 Å². The molecular formula is C15H7BrF3NO3. The molecule has 0 amide bonds. The third-order valence-corrected chi connectivity index (χ3v) is 3.70. The van der Waals surface area contributed by atoms with Crippen LogP contribution in [-0.4, -0.2) is 22.6 Å². The van der Waals surface area contributed by atoms with Crippen LogP contribution in [0.3, 0.4) is 0 Å². The Morgan fingerprint density at radius 1 is 1.09 bits per heavy atom. The molecule has 8 heteroatoms. The zero-order chi connectivity index (χ0) is 16.8. The molecule has 3 rings (SSSR count). The molecule has 1 heterocycles. The third-order valence-electron chi connectivity index (χ3n) is 3.20. The van der Waals surface area contributed by atoms with Gasteiger partial charge >= 0.3 is 6.36 Å². The molecule has 2 aromatic rings. The van der Waals surface area contributed by atoms with Gasteiger partial charge in [-0.15, -0.1) is 13.2 Å². The van der Waals surface area contributed by atoms with Crippen LogP contribution in [0.1, 0.15) is 15.9 Å². The Morgan fingerprint density at radius 3 is 2.35 bits per heavy atom. The normalized spacial score (nSPS) is 14.2. The first-order chi connectivity index (χ1) is 10.8. The Morgan fingerprint density at radius 2 is 1.74 bits per heavy atom. The summed E-state index contributed by atoms with van der Waals surface area (Å²) in [7, 11) is 0. The van der Waals surface area contributed by atoms with Gasteiger partial charge in [0.05, 0.1) is 5.56 Å². The summed E-state index contributed by atoms with van der Waals surface area (Å²) in [5.74, 6) is -0.906. The zero-order valence-electron chi connectivity index (χ0n) is 11.2. The van der Waals surface area contributed by atoms with E-state index in [2.05, 4.69) is 20.7 Å². The Bertz CT molecular complexity index is 829. The molecule has 0 bridgehead atoms. The van der Waals surface area contributed by atoms with Crippen molar-refractivity contribution in [1.29, 1.82) is 0 Å². The number of ether oxygens (including phenoxy) is 1. The largest absolute Gasteiger partial charge is 0.618 e. The van der Waals surface area contributed by atoms with Crippen molar-refractivity contribution >= 4 is 33.1 Å². The van der Waals surface area contributed by atoms with Gasteiger partial charge in [0.25, 0.3) is 11.5 Å². The second-order valence-corrected chi connectivity index (χ2v) is 5.62. The minimum Gasteiger partial charge on any atom is -0.618 e. The van der Waals surface area contributed by atoms with Gasteiger partial charge in [-0.05, 0) is 36.4 Å². The van der Waals surface area contributed by atoms with Gasteiger partial charge in [0.1, 0.15) is 11.3 Å². The minimum atomic E-state index is -4.80. The van der Waals surface area contributed by atoms with Crippen LogP contribution < -0.4 is 4.74 Å². The molecule has 0 aliphatic carbocycles. The maximum Gasteiger partial charge on any atom is 0.573 e. The molecule has 0 radical (unpaired) electrons. The quantitative estimate of drug-likeness (QED) is 0.575. The molecule has 0 atom stereocenters. The Labute approximate surface area is 136 Å². The van der Waals surface area contributed by atoms with Gasteiger partial charge in [-0.25, -0.2) is 0 Å². The number of ketones is 1. The number of hydrogen-bond acceptors (Lipinski definition) is 3. The standard InChI is InChI=1S/C15H7BrF3NO3/c16-9-3-6-11-12(7-9)20(22)13(14(11)21)8-1-4-10(5-2-8)23-15(17,18)19/h1-7H. The summed E-state index contributed by atoms with van der Waals surface area (Å²) in [5, 5.41) is 12.3. The second kappa shape index (κ2) is 5.38. The highest BCUT2D eigenvalue weighted by molar-refractivity contribution is 9.10. The monoisotopic (exact) mass is 385 g/mol. The van der Waals surface area contributed by atoms with Crippen LogP contribution in [-0.2, 0) is 0 Å². The number of alkyl halides is 3. The summed E-state index contributed by atoms with van der Waals surface area (Å²) >= 11 is 3.22. The van der Waals surface area contributed by atoms with Crippen LogP contribution >= 0.6 is 15.9 Å². The van der Waals surface area contributed by atoms with E-state index < -0.39 is 17.9 Å². The molecule has 2 aromatic carbocycles. The molecule has 0 N–H and O–H groups in total. The number of carbonyl (C=O) groups is 1. The molecule has 4 nitrogen and oxygen atoms in total. The van der Waals surface area contributed by atoms with Crippen molar-refractivity contribution in [3.8, 4) is 5.75 Å². The van der Waals surface area contributed by atoms with Crippen LogP contribution in [0.25, 0.3) is 0 Å². The first kappa shape index (κ1) is 15.5. The van der Waals surface area contributed by atoms with Crippen molar-refractivity contribution in [2.45, 2.75) is 6.36 Å². The van der Waals surface area contributed by atoms with Crippen LogP contribution in [0.4, 0.5) is 18.9 Å². The molecule has 0 saturated carbocycles. The van der Waals surface area contributed by atoms with Crippen LogP contribution in [0.15, 0.2) is 46.9 Å². The van der Waals surface area contributed by atoms with Gasteiger partial charge in [0, 0.05) is 10.5 Å². The van der Waals surface area contributed by atoms with Crippen molar-refractivity contribution in [3.05, 3.63) is 63.3 Å². The number of fused-ring (bicyclic) bond motifs is 1. The zero-order valence-corrected chi connectivity index (χ0v) is 12.8. The first-order valence-electron chi connectivity index (χ1n) is 6.31. The lowest BCUT2D eigenvalue weighted by atomic mass is 10.0. The number of Topliss-reactive ketones (excluding diaryl/α,β-unsaturated/α-hetero) is 1. The van der Waals surface area contributed by atoms with Gasteiger partial charge in [0.15, 0.2) is 0 Å². The predicted molar refractivity (Wildman–Crippen MR) is 79.0 cm³/mol. The van der Waals surface area contributed by atoms with Crippen molar-refractivity contribution in [3.63, 3.8) is 0 Å². The number of rotatable bonds is 2. The fraction of sp³-hybridized carbons (Fsp3) is 0.0667. The van der Waals surface area contributed by atoms with E-state index in [1.165, 1.54) is 24.3 Å². The number of benzene rings is 2. The van der Waals surface area contributed by atoms with E-state index in [0.29, 0.717) is 9.21 Å². The lowest BCUT2D eigenvalue weighted by Gasteiger charge is -2.08. The Kier molecular flexibility index (Phi) is 3.63. The SMILES string of the molecule is O=C1C(c2ccc(OC(F)(F)F)cc2)=[N+]([O-])c2cc(Br)ccc21. The number of carbonyl (C=O) groups excluding carboxylic acids is 1. The average molecular weight is 386 g/mol. The van der Waals surface area contributed by atoms with Gasteiger partial charge in [-0.3, -0.25) is 4.79 Å². The first-order valence-corrected chi connectivity index (χ1v) is 7.10. The molecule has 0 fully saturated rings. The maximum absolute atomic E-state index is 12.3. The van der Waals surface area contributed by atoms with Crippen LogP contribution in [0, 0.1) is 5.21 Å². The van der Waals surface area contributed by atoms with E-state index in [1.807, 2.05) is 0 Å². The molecule has 0 unspecified atom stereocenters. The Hall–Kier alpha value is -2.35. The van der Waals surface area contributed by atoms with Gasteiger partial charge in [-0.1, -0.05) is 15.9 Å². The maximum atomic E-state index is 12.3. The van der Waals surface area contributed by atoms with E-state index in [-0.39, 0.29) is 22.5 Å². The highest BCUT2D eigenvalue weighted by atomic mass is 79.9. The Balaban J connectivity index is 1.98. The summed E-state index contributed by atoms with van der Waals surface area (Å²) in [6.45, 7) is 0. The highest BCUT2D eigenvalue weighted by Gasteiger charge is 2.37. The van der Waals surface area contributed by atoms with Crippen molar-refractivity contribution < 1.29 is 27.4 Å². The molecule has 1 aliphatic heterocycles. The van der Waals surface area contributed by atoms with E-state index in [9.17, 15) is 23.2 Å². The van der Waals surface area contributed by atoms with Gasteiger partial charge < -0.3 is 9.94 Å². The van der Waals surface area contributed by atoms with Gasteiger partial charge in [-0.2, -0.15) is 4.74 Å². The summed E-state index contributed by atoms with van der Waals surface area (Å²) in [4.78, 5) is 12.3. The minimum absolute atomic E-state index is 0.142. The second-order valence-electron chi connectivity index (χ2n) is 4.71. The number of hydrogen-bond donors (Lipinski definition) is 0. The summed E-state index contributed by atoms with van der Waals surface area (Å²) in [5.41, 5.74) is 0.507. The summed E-state index contributed by atoms with van der Waals surface area (Å²) < 4.78 is 41.3. The van der Waals surface area contributed by atoms with Crippen molar-refractivity contribution in [2.75, 3.05) is 0 Å². The lowest BCUT2D eigenvalue weighted by molar-refractivity contribution is -0.355. The molecule has 1 aliphatic rings. The average Bonchev–Trinajstić information content (AvgIpc) is 2.70. The molecular weight excluding hydrogens is 379 g/mol. The fourth-order valence-electron chi connectivity index (χ4n) is 2.27. The fourth-order valence-corrected chi connectivity index (χ4v) is 2.62. The summed E-state index contributed by atoms with van der Waals surface area (Å²) in [6, 6.07) is 9.23. The summed E-state index contributed by atoms with van der Waals surface area (Å²) in [6.07, 6.45) is -4.80. The van der Waals surface area contributed by atoms with Crippen LogP contribution in [0.5, 0.6) is 5.75 Å². The van der Waals surface area contributed by atoms with Crippen molar-refractivity contribution in [2.24, 2.45) is 0 Å². The van der Waals surface area contributed by atoms with Crippen LogP contribution in [0.2, 0.25) is 0 Å². The molecule has 0 aromatic heterocycles. The van der Waals surface area contributed by atoms with Crippen molar-refractivity contribution in [1.82, 2.24) is 0 Å². The molecule has 0 saturated heterocycles. The molecule has 0 spiro atoms. The molecule has 118 valence electrons. The topological polar surface area (TPSA) is 52.4 Å². The van der Waals surface area contributed by atoms with E-state index in [0.717, 1.165) is 12.1 Å². The smallest absolute Gasteiger partial charge is 0.573 e. The highest BCUT2D eigenvalue weighted by Crippen LogP contribution is 2.31. The predicted octanol–water partition coefficient (Wildman–Crippen LogP) is 4.18. The molecule has 23 heavy (non-hydrogen) atoms. The number of halogens is 4. The lowest BCUT2D eigenvalue weighted by Crippen LogP contribution is -2.18.